The largest absolute Gasteiger partial charge is 0.352 e. The van der Waals surface area contributed by atoms with E-state index in [0.717, 1.165) is 0 Å². The first-order valence-electron chi connectivity index (χ1n) is 6.59. The van der Waals surface area contributed by atoms with Gasteiger partial charge < -0.3 is 5.32 Å². The van der Waals surface area contributed by atoms with Crippen LogP contribution in [-0.4, -0.2) is 20.9 Å². The van der Waals surface area contributed by atoms with Gasteiger partial charge in [-0.1, -0.05) is 23.7 Å². The molecule has 0 aliphatic carbocycles. The van der Waals surface area contributed by atoms with Crippen LogP contribution in [0.3, 0.4) is 0 Å². The summed E-state index contributed by atoms with van der Waals surface area (Å²) in [6.45, 7) is 2.26. The predicted molar refractivity (Wildman–Crippen MR) is 86.7 cm³/mol. The van der Waals surface area contributed by atoms with Crippen molar-refractivity contribution < 1.29 is 13.2 Å². The van der Waals surface area contributed by atoms with Gasteiger partial charge >= 0.3 is 0 Å². The Kier molecular flexibility index (Phi) is 5.05. The molecule has 2 aromatic carbocycles. The lowest BCUT2D eigenvalue weighted by Gasteiger charge is -2.09. The van der Waals surface area contributed by atoms with E-state index in [1.807, 2.05) is 0 Å². The minimum atomic E-state index is -3.79. The van der Waals surface area contributed by atoms with Crippen LogP contribution in [0.25, 0.3) is 0 Å². The average molecular weight is 339 g/mol. The number of hydrogen-bond acceptors (Lipinski definition) is 3. The van der Waals surface area contributed by atoms with Gasteiger partial charge in [-0.05, 0) is 43.3 Å². The molecule has 7 heteroatoms. The Morgan fingerprint density at radius 1 is 1.14 bits per heavy atom. The number of halogens is 1. The van der Waals surface area contributed by atoms with E-state index in [0.29, 0.717) is 17.3 Å². The third-order valence-corrected chi connectivity index (χ3v) is 4.43. The molecule has 0 unspecified atom stereocenters. The first-order valence-corrected chi connectivity index (χ1v) is 8.45. The maximum Gasteiger partial charge on any atom is 0.261 e. The van der Waals surface area contributed by atoms with Crippen LogP contribution < -0.4 is 10.0 Å². The Morgan fingerprint density at radius 2 is 1.86 bits per heavy atom. The fourth-order valence-electron chi connectivity index (χ4n) is 1.83. The van der Waals surface area contributed by atoms with Gasteiger partial charge in [-0.15, -0.1) is 0 Å². The lowest BCUT2D eigenvalue weighted by atomic mass is 10.2. The summed E-state index contributed by atoms with van der Waals surface area (Å²) in [6, 6.07) is 12.2. The van der Waals surface area contributed by atoms with Crippen molar-refractivity contribution in [3.63, 3.8) is 0 Å². The molecule has 116 valence electrons. The first-order chi connectivity index (χ1) is 10.4. The molecule has 0 spiro atoms. The molecular formula is C15H15ClN2O3S. The van der Waals surface area contributed by atoms with Crippen LogP contribution in [0.4, 0.5) is 5.69 Å². The van der Waals surface area contributed by atoms with Crippen molar-refractivity contribution in [2.45, 2.75) is 11.8 Å². The van der Waals surface area contributed by atoms with Crippen LogP contribution in [0.5, 0.6) is 0 Å². The highest BCUT2D eigenvalue weighted by atomic mass is 35.5. The lowest BCUT2D eigenvalue weighted by molar-refractivity contribution is 0.0955. The van der Waals surface area contributed by atoms with Gasteiger partial charge in [-0.2, -0.15) is 0 Å². The molecule has 0 atom stereocenters. The SMILES string of the molecule is CCNC(=O)c1cccc(S(=O)(=O)Nc2cccc(Cl)c2)c1. The number of sulfonamides is 1. The van der Waals surface area contributed by atoms with E-state index in [2.05, 4.69) is 10.0 Å². The van der Waals surface area contributed by atoms with Gasteiger partial charge in [0, 0.05) is 17.1 Å². The smallest absolute Gasteiger partial charge is 0.261 e. The van der Waals surface area contributed by atoms with Crippen molar-refractivity contribution in [3.8, 4) is 0 Å². The monoisotopic (exact) mass is 338 g/mol. The molecular weight excluding hydrogens is 324 g/mol. The van der Waals surface area contributed by atoms with E-state index < -0.39 is 10.0 Å². The Balaban J connectivity index is 2.30. The second-order valence-electron chi connectivity index (χ2n) is 4.50. The molecule has 0 aliphatic rings. The summed E-state index contributed by atoms with van der Waals surface area (Å²) >= 11 is 5.83. The van der Waals surface area contributed by atoms with Crippen molar-refractivity contribution in [1.29, 1.82) is 0 Å². The predicted octanol–water partition coefficient (Wildman–Crippen LogP) is 2.89. The summed E-state index contributed by atoms with van der Waals surface area (Å²) in [5.41, 5.74) is 0.645. The second kappa shape index (κ2) is 6.81. The number of benzene rings is 2. The highest BCUT2D eigenvalue weighted by Gasteiger charge is 2.16. The molecule has 2 N–H and O–H groups in total. The maximum absolute atomic E-state index is 12.4. The van der Waals surface area contributed by atoms with Crippen LogP contribution in [0.15, 0.2) is 53.4 Å². The zero-order chi connectivity index (χ0) is 16.2. The highest BCUT2D eigenvalue weighted by Crippen LogP contribution is 2.20. The standard InChI is InChI=1S/C15H15ClN2O3S/c1-2-17-15(19)11-5-3-8-14(9-11)22(20,21)18-13-7-4-6-12(16)10-13/h3-10,18H,2H2,1H3,(H,17,19). The third kappa shape index (κ3) is 3.99. The maximum atomic E-state index is 12.4. The molecule has 0 aliphatic heterocycles. The molecule has 2 rings (SSSR count). The van der Waals surface area contributed by atoms with E-state index in [1.165, 1.54) is 24.3 Å². The number of carbonyl (C=O) groups excluding carboxylic acids is 1. The second-order valence-corrected chi connectivity index (χ2v) is 6.62. The molecule has 0 heterocycles. The number of rotatable bonds is 5. The van der Waals surface area contributed by atoms with Gasteiger partial charge in [0.1, 0.15) is 0 Å². The summed E-state index contributed by atoms with van der Waals surface area (Å²) in [4.78, 5) is 11.8. The average Bonchev–Trinajstić information content (AvgIpc) is 2.47. The normalized spacial score (nSPS) is 11.0. The van der Waals surface area contributed by atoms with Gasteiger partial charge in [0.25, 0.3) is 15.9 Å². The number of nitrogens with one attached hydrogen (secondary N) is 2. The topological polar surface area (TPSA) is 75.3 Å². The van der Waals surface area contributed by atoms with E-state index in [1.54, 1.807) is 31.2 Å². The molecule has 0 fully saturated rings. The molecule has 0 bridgehead atoms. The van der Waals surface area contributed by atoms with Crippen LogP contribution >= 0.6 is 11.6 Å². The van der Waals surface area contributed by atoms with Crippen molar-refractivity contribution in [2.24, 2.45) is 0 Å². The minimum absolute atomic E-state index is 0.0104. The third-order valence-electron chi connectivity index (χ3n) is 2.82. The molecule has 2 aromatic rings. The fraction of sp³-hybridized carbons (Fsp3) is 0.133. The van der Waals surface area contributed by atoms with Gasteiger partial charge in [-0.3, -0.25) is 9.52 Å². The summed E-state index contributed by atoms with van der Waals surface area (Å²) in [5, 5.41) is 3.05. The molecule has 0 radical (unpaired) electrons. The Morgan fingerprint density at radius 3 is 2.55 bits per heavy atom. The van der Waals surface area contributed by atoms with Gasteiger partial charge in [0.05, 0.1) is 10.6 Å². The van der Waals surface area contributed by atoms with Crippen LogP contribution in [0.2, 0.25) is 5.02 Å². The highest BCUT2D eigenvalue weighted by molar-refractivity contribution is 7.92. The summed E-state index contributed by atoms with van der Waals surface area (Å²) in [6.07, 6.45) is 0. The first kappa shape index (κ1) is 16.3. The van der Waals surface area contributed by atoms with Crippen LogP contribution in [-0.2, 0) is 10.0 Å². The van der Waals surface area contributed by atoms with Crippen molar-refractivity contribution >= 4 is 33.2 Å². The molecule has 0 aromatic heterocycles. The Hall–Kier alpha value is -2.05. The van der Waals surface area contributed by atoms with E-state index in [4.69, 9.17) is 11.6 Å². The summed E-state index contributed by atoms with van der Waals surface area (Å²) in [7, 11) is -3.79. The molecule has 0 saturated carbocycles. The van der Waals surface area contributed by atoms with Crippen molar-refractivity contribution in [3.05, 3.63) is 59.1 Å². The zero-order valence-corrected chi connectivity index (χ0v) is 13.4. The van der Waals surface area contributed by atoms with E-state index in [9.17, 15) is 13.2 Å². The van der Waals surface area contributed by atoms with Gasteiger partial charge in [0.2, 0.25) is 0 Å². The Bertz CT molecular complexity index is 791. The molecule has 22 heavy (non-hydrogen) atoms. The summed E-state index contributed by atoms with van der Waals surface area (Å²) in [5.74, 6) is -0.317. The Labute approximate surface area is 134 Å². The number of hydrogen-bond donors (Lipinski definition) is 2. The van der Waals surface area contributed by atoms with E-state index >= 15 is 0 Å². The molecule has 1 amide bonds. The number of amides is 1. The van der Waals surface area contributed by atoms with Crippen LogP contribution in [0.1, 0.15) is 17.3 Å². The fourth-order valence-corrected chi connectivity index (χ4v) is 3.12. The molecule has 0 saturated heterocycles. The number of anilines is 1. The van der Waals surface area contributed by atoms with Gasteiger partial charge in [0.15, 0.2) is 0 Å². The number of carbonyl (C=O) groups is 1. The lowest BCUT2D eigenvalue weighted by Crippen LogP contribution is -2.23. The van der Waals surface area contributed by atoms with Crippen molar-refractivity contribution in [2.75, 3.05) is 11.3 Å². The zero-order valence-electron chi connectivity index (χ0n) is 11.8. The van der Waals surface area contributed by atoms with Gasteiger partial charge in [-0.25, -0.2) is 8.42 Å². The summed E-state index contributed by atoms with van der Waals surface area (Å²) < 4.78 is 27.1. The molecule has 5 nitrogen and oxygen atoms in total. The van der Waals surface area contributed by atoms with Crippen molar-refractivity contribution in [1.82, 2.24) is 5.32 Å². The quantitative estimate of drug-likeness (QED) is 0.880. The minimum Gasteiger partial charge on any atom is -0.352 e. The van der Waals surface area contributed by atoms with E-state index in [-0.39, 0.29) is 16.4 Å². The van der Waals surface area contributed by atoms with Crippen LogP contribution in [0, 0.1) is 0 Å².